The van der Waals surface area contributed by atoms with E-state index in [4.69, 9.17) is 5.73 Å². The van der Waals surface area contributed by atoms with Gasteiger partial charge in [-0.2, -0.15) is 0 Å². The lowest BCUT2D eigenvalue weighted by molar-refractivity contribution is 0.770. The number of hydrogen-bond donors (Lipinski definition) is 3. The smallest absolute Gasteiger partial charge is 0.188 e. The fraction of sp³-hybridized carbons (Fsp3) is 0.312. The second-order valence-electron chi connectivity index (χ2n) is 5.05. The second-order valence-corrected chi connectivity index (χ2v) is 5.05. The standard InChI is InChI=1S/C16H22N4/c1-12(2)10-20-16(17)18-9-5-6-13-11-19-15-8-4-3-7-14(13)15/h3-4,7-8,11,19H,1,5-6,9-10H2,2H3,(H3,17,18,20). The van der Waals surface area contributed by atoms with Crippen LogP contribution in [0.25, 0.3) is 10.9 Å². The van der Waals surface area contributed by atoms with Crippen molar-refractivity contribution in [3.8, 4) is 0 Å². The number of benzene rings is 1. The summed E-state index contributed by atoms with van der Waals surface area (Å²) in [6.07, 6.45) is 4.12. The van der Waals surface area contributed by atoms with Crippen LogP contribution in [-0.2, 0) is 6.42 Å². The van der Waals surface area contributed by atoms with Gasteiger partial charge in [-0.3, -0.25) is 0 Å². The average Bonchev–Trinajstić information content (AvgIpc) is 2.85. The van der Waals surface area contributed by atoms with E-state index >= 15 is 0 Å². The van der Waals surface area contributed by atoms with Crippen molar-refractivity contribution in [1.29, 1.82) is 0 Å². The number of nitrogens with two attached hydrogens (primary N) is 1. The van der Waals surface area contributed by atoms with E-state index in [9.17, 15) is 0 Å². The van der Waals surface area contributed by atoms with Crippen LogP contribution in [0.2, 0.25) is 0 Å². The van der Waals surface area contributed by atoms with Crippen molar-refractivity contribution in [3.05, 3.63) is 48.2 Å². The fourth-order valence-corrected chi connectivity index (χ4v) is 2.11. The average molecular weight is 270 g/mol. The maximum atomic E-state index is 5.76. The molecule has 4 nitrogen and oxygen atoms in total. The minimum absolute atomic E-state index is 0.493. The summed E-state index contributed by atoms with van der Waals surface area (Å²) in [5.74, 6) is 0.493. The number of aryl methyl sites for hydroxylation is 1. The van der Waals surface area contributed by atoms with E-state index in [0.29, 0.717) is 12.5 Å². The lowest BCUT2D eigenvalue weighted by Gasteiger charge is -2.05. The molecule has 0 fully saturated rings. The van der Waals surface area contributed by atoms with Gasteiger partial charge in [-0.05, 0) is 31.4 Å². The van der Waals surface area contributed by atoms with E-state index in [1.807, 2.05) is 13.0 Å². The molecule has 0 radical (unpaired) electrons. The van der Waals surface area contributed by atoms with Gasteiger partial charge in [-0.25, -0.2) is 4.99 Å². The second kappa shape index (κ2) is 6.80. The Morgan fingerprint density at radius 1 is 1.40 bits per heavy atom. The maximum Gasteiger partial charge on any atom is 0.188 e. The van der Waals surface area contributed by atoms with Gasteiger partial charge in [0.25, 0.3) is 0 Å². The largest absolute Gasteiger partial charge is 0.370 e. The molecule has 1 aromatic heterocycles. The lowest BCUT2D eigenvalue weighted by atomic mass is 10.1. The first-order chi connectivity index (χ1) is 9.66. The van der Waals surface area contributed by atoms with E-state index < -0.39 is 0 Å². The van der Waals surface area contributed by atoms with Gasteiger partial charge in [0.15, 0.2) is 5.96 Å². The summed E-state index contributed by atoms with van der Waals surface area (Å²) in [7, 11) is 0. The molecule has 1 heterocycles. The molecule has 20 heavy (non-hydrogen) atoms. The third kappa shape index (κ3) is 3.88. The summed E-state index contributed by atoms with van der Waals surface area (Å²) in [4.78, 5) is 7.48. The van der Waals surface area contributed by atoms with Crippen LogP contribution < -0.4 is 11.1 Å². The molecule has 0 spiro atoms. The van der Waals surface area contributed by atoms with Crippen molar-refractivity contribution >= 4 is 16.9 Å². The number of guanidine groups is 1. The summed E-state index contributed by atoms with van der Waals surface area (Å²) in [5, 5.41) is 4.43. The highest BCUT2D eigenvalue weighted by molar-refractivity contribution is 5.83. The van der Waals surface area contributed by atoms with E-state index in [1.54, 1.807) is 0 Å². The number of rotatable bonds is 6. The summed E-state index contributed by atoms with van der Waals surface area (Å²) in [6.45, 7) is 7.14. The molecule has 1 aromatic carbocycles. The van der Waals surface area contributed by atoms with E-state index in [1.165, 1.54) is 16.5 Å². The summed E-state index contributed by atoms with van der Waals surface area (Å²) < 4.78 is 0. The Kier molecular flexibility index (Phi) is 4.82. The van der Waals surface area contributed by atoms with E-state index in [2.05, 4.69) is 46.3 Å². The fourth-order valence-electron chi connectivity index (χ4n) is 2.11. The van der Waals surface area contributed by atoms with Gasteiger partial charge in [0, 0.05) is 23.6 Å². The van der Waals surface area contributed by atoms with Crippen LogP contribution in [0.1, 0.15) is 18.9 Å². The zero-order valence-electron chi connectivity index (χ0n) is 11.9. The Hall–Kier alpha value is -2.23. The molecule has 0 saturated heterocycles. The van der Waals surface area contributed by atoms with Crippen LogP contribution in [0.15, 0.2) is 47.6 Å². The highest BCUT2D eigenvalue weighted by Gasteiger charge is 2.02. The monoisotopic (exact) mass is 270 g/mol. The van der Waals surface area contributed by atoms with Crippen LogP contribution in [0.4, 0.5) is 0 Å². The maximum absolute atomic E-state index is 5.76. The molecule has 0 aliphatic heterocycles. The van der Waals surface area contributed by atoms with Crippen molar-refractivity contribution in [3.63, 3.8) is 0 Å². The zero-order chi connectivity index (χ0) is 14.4. The van der Waals surface area contributed by atoms with Gasteiger partial charge < -0.3 is 16.0 Å². The molecule has 106 valence electrons. The minimum Gasteiger partial charge on any atom is -0.370 e. The lowest BCUT2D eigenvalue weighted by Crippen LogP contribution is -2.32. The van der Waals surface area contributed by atoms with Gasteiger partial charge in [-0.15, -0.1) is 0 Å². The van der Waals surface area contributed by atoms with Gasteiger partial charge in [0.2, 0.25) is 0 Å². The topological polar surface area (TPSA) is 66.2 Å². The Balaban J connectivity index is 1.79. The quantitative estimate of drug-likeness (QED) is 0.327. The number of nitrogens with one attached hydrogen (secondary N) is 2. The molecule has 0 aliphatic rings. The number of H-pyrrole nitrogens is 1. The van der Waals surface area contributed by atoms with Gasteiger partial charge in [0.1, 0.15) is 0 Å². The summed E-state index contributed by atoms with van der Waals surface area (Å²) in [6, 6.07) is 8.36. The summed E-state index contributed by atoms with van der Waals surface area (Å²) >= 11 is 0. The highest BCUT2D eigenvalue weighted by Crippen LogP contribution is 2.18. The molecule has 0 amide bonds. The van der Waals surface area contributed by atoms with Crippen LogP contribution in [0.3, 0.4) is 0 Å². The number of aromatic amines is 1. The third-order valence-electron chi connectivity index (χ3n) is 3.12. The molecule has 0 atom stereocenters. The van der Waals surface area contributed by atoms with Crippen LogP contribution >= 0.6 is 0 Å². The molecule has 2 rings (SSSR count). The van der Waals surface area contributed by atoms with Crippen molar-refractivity contribution in [2.24, 2.45) is 10.7 Å². The Labute approximate surface area is 119 Å². The Bertz CT molecular complexity index is 610. The van der Waals surface area contributed by atoms with Crippen molar-refractivity contribution in [2.45, 2.75) is 19.8 Å². The number of nitrogens with zero attached hydrogens (tertiary/aromatic N) is 1. The number of para-hydroxylation sites is 1. The van der Waals surface area contributed by atoms with Gasteiger partial charge in [-0.1, -0.05) is 30.4 Å². The molecule has 0 unspecified atom stereocenters. The van der Waals surface area contributed by atoms with Crippen molar-refractivity contribution < 1.29 is 0 Å². The highest BCUT2D eigenvalue weighted by atomic mass is 15.1. The molecule has 0 aliphatic carbocycles. The normalized spacial score (nSPS) is 11.8. The van der Waals surface area contributed by atoms with Gasteiger partial charge in [0.05, 0.1) is 6.54 Å². The minimum atomic E-state index is 0.493. The summed E-state index contributed by atoms with van der Waals surface area (Å²) in [5.41, 5.74) is 9.31. The number of fused-ring (bicyclic) bond motifs is 1. The van der Waals surface area contributed by atoms with E-state index in [0.717, 1.165) is 25.0 Å². The molecule has 2 aromatic rings. The number of aromatic nitrogens is 1. The van der Waals surface area contributed by atoms with Crippen LogP contribution in [0, 0.1) is 0 Å². The molecular formula is C16H22N4. The zero-order valence-corrected chi connectivity index (χ0v) is 11.9. The van der Waals surface area contributed by atoms with Crippen LogP contribution in [0.5, 0.6) is 0 Å². The molecule has 0 saturated carbocycles. The third-order valence-corrected chi connectivity index (χ3v) is 3.12. The predicted octanol–water partition coefficient (Wildman–Crippen LogP) is 2.58. The Morgan fingerprint density at radius 2 is 2.20 bits per heavy atom. The van der Waals surface area contributed by atoms with E-state index in [-0.39, 0.29) is 0 Å². The van der Waals surface area contributed by atoms with Crippen LogP contribution in [-0.4, -0.2) is 24.0 Å². The SMILES string of the molecule is C=C(C)CN=C(N)NCCCc1c[nH]c2ccccc12. The molecule has 0 bridgehead atoms. The van der Waals surface area contributed by atoms with Gasteiger partial charge >= 0.3 is 0 Å². The number of aliphatic imine (C=N–C) groups is 1. The first-order valence-electron chi connectivity index (χ1n) is 6.90. The van der Waals surface area contributed by atoms with Crippen molar-refractivity contribution in [1.82, 2.24) is 10.3 Å². The molecular weight excluding hydrogens is 248 g/mol. The first kappa shape index (κ1) is 14.2. The molecule has 4 heteroatoms. The first-order valence-corrected chi connectivity index (χ1v) is 6.90. The predicted molar refractivity (Wildman–Crippen MR) is 85.9 cm³/mol. The number of hydrogen-bond acceptors (Lipinski definition) is 1. The Morgan fingerprint density at radius 3 is 3.00 bits per heavy atom. The molecule has 4 N–H and O–H groups in total. The van der Waals surface area contributed by atoms with Crippen molar-refractivity contribution in [2.75, 3.05) is 13.1 Å².